The molecule has 4 aromatic rings. The Kier molecular flexibility index (Phi) is 6.04. The first-order valence-corrected chi connectivity index (χ1v) is 11.1. The van der Waals surface area contributed by atoms with Crippen molar-refractivity contribution in [2.45, 2.75) is 0 Å². The molecule has 0 aromatic heterocycles. The van der Waals surface area contributed by atoms with Crippen molar-refractivity contribution in [3.63, 3.8) is 0 Å². The van der Waals surface area contributed by atoms with Gasteiger partial charge in [0.1, 0.15) is 0 Å². The Morgan fingerprint density at radius 2 is 1.25 bits per heavy atom. The zero-order chi connectivity index (χ0) is 19.2. The van der Waals surface area contributed by atoms with Gasteiger partial charge in [-0.15, -0.1) is 0 Å². The van der Waals surface area contributed by atoms with E-state index in [1.165, 1.54) is 10.0 Å². The molecule has 4 rings (SSSR count). The van der Waals surface area contributed by atoms with Gasteiger partial charge >= 0.3 is 177 Å². The third-order valence-corrected chi connectivity index (χ3v) is 6.67. The Labute approximate surface area is 176 Å². The predicted molar refractivity (Wildman–Crippen MR) is 121 cm³/mol. The van der Waals surface area contributed by atoms with Crippen LogP contribution in [0, 0.1) is 0 Å². The fraction of sp³-hybridized carbons (Fsp3) is 0. The second kappa shape index (κ2) is 9.03. The number of nitrogens with zero attached hydrogens (tertiary/aromatic N) is 1. The van der Waals surface area contributed by atoms with Crippen LogP contribution in [0.2, 0.25) is 5.02 Å². The van der Waals surface area contributed by atoms with E-state index in [1.54, 1.807) is 0 Å². The minimum atomic E-state index is 0.0822. The quantitative estimate of drug-likeness (QED) is 0.259. The van der Waals surface area contributed by atoms with Crippen LogP contribution < -0.4 is 4.46 Å². The van der Waals surface area contributed by atoms with Crippen molar-refractivity contribution in [1.29, 1.82) is 0 Å². The summed E-state index contributed by atoms with van der Waals surface area (Å²) in [6, 6.07) is 37.2. The number of hydrogen-bond donors (Lipinski definition) is 0. The van der Waals surface area contributed by atoms with Gasteiger partial charge in [-0.2, -0.15) is 0 Å². The maximum absolute atomic E-state index is 6.11. The number of benzene rings is 4. The number of para-hydroxylation sites is 1. The van der Waals surface area contributed by atoms with Crippen LogP contribution in [-0.4, -0.2) is 19.6 Å². The third-order valence-electron chi connectivity index (χ3n) is 4.26. The van der Waals surface area contributed by atoms with E-state index in [9.17, 15) is 0 Å². The molecule has 0 bridgehead atoms. The average molecular weight is 447 g/mol. The van der Waals surface area contributed by atoms with Gasteiger partial charge in [-0.3, -0.25) is 0 Å². The van der Waals surface area contributed by atoms with Crippen molar-refractivity contribution in [2.75, 3.05) is 0 Å². The molecule has 0 aliphatic carbocycles. The summed E-state index contributed by atoms with van der Waals surface area (Å²) in [4.78, 5) is 5.13. The molecule has 3 heteroatoms. The molecule has 0 spiro atoms. The van der Waals surface area contributed by atoms with Crippen LogP contribution in [0.1, 0.15) is 5.56 Å². The van der Waals surface area contributed by atoms with Gasteiger partial charge in [0.05, 0.1) is 0 Å². The zero-order valence-electron chi connectivity index (χ0n) is 15.1. The molecular weight excluding hydrogens is 429 g/mol. The van der Waals surface area contributed by atoms with Crippen LogP contribution in [-0.2, 0) is 0 Å². The molecule has 0 aliphatic heterocycles. The fourth-order valence-corrected chi connectivity index (χ4v) is 4.93. The molecule has 0 unspecified atom stereocenters. The number of hydrogen-bond acceptors (Lipinski definition) is 1. The summed E-state index contributed by atoms with van der Waals surface area (Å²) in [6.07, 6.45) is 0. The summed E-state index contributed by atoms with van der Waals surface area (Å²) in [5.41, 5.74) is 4.40. The molecular formula is C25H18ClNSe. The summed E-state index contributed by atoms with van der Waals surface area (Å²) < 4.78 is 2.37. The summed E-state index contributed by atoms with van der Waals surface area (Å²) in [6.45, 7) is 0. The summed E-state index contributed by atoms with van der Waals surface area (Å²) in [5.74, 6) is 0. The van der Waals surface area contributed by atoms with E-state index in [4.69, 9.17) is 16.6 Å². The van der Waals surface area contributed by atoms with Crippen molar-refractivity contribution in [3.05, 3.63) is 120 Å². The second-order valence-corrected chi connectivity index (χ2v) is 8.89. The minimum absolute atomic E-state index is 0.0822. The van der Waals surface area contributed by atoms with Crippen LogP contribution in [0.5, 0.6) is 0 Å². The van der Waals surface area contributed by atoms with Crippen molar-refractivity contribution < 1.29 is 0 Å². The first kappa shape index (κ1) is 18.7. The molecule has 0 atom stereocenters. The average Bonchev–Trinajstić information content (AvgIpc) is 2.76. The van der Waals surface area contributed by atoms with Gasteiger partial charge in [0, 0.05) is 0 Å². The molecule has 0 aliphatic rings. The predicted octanol–water partition coefficient (Wildman–Crippen LogP) is 6.12. The molecule has 28 heavy (non-hydrogen) atoms. The van der Waals surface area contributed by atoms with Gasteiger partial charge in [0.2, 0.25) is 0 Å². The van der Waals surface area contributed by atoms with E-state index in [1.807, 2.05) is 30.3 Å². The van der Waals surface area contributed by atoms with Crippen molar-refractivity contribution >= 4 is 41.3 Å². The zero-order valence-corrected chi connectivity index (χ0v) is 17.6. The van der Waals surface area contributed by atoms with Gasteiger partial charge in [0.15, 0.2) is 0 Å². The van der Waals surface area contributed by atoms with Gasteiger partial charge in [-0.25, -0.2) is 0 Å². The standard InChI is InChI=1S/C25H18ClNSe/c26-21-17-15-20(16-18-21)25(28-22-11-5-2-6-12-22)27-24-14-8-7-13-23(24)19-9-3-1-4-10-19/h1-18H. The van der Waals surface area contributed by atoms with Gasteiger partial charge in [-0.1, -0.05) is 0 Å². The first-order chi connectivity index (χ1) is 13.8. The Morgan fingerprint density at radius 1 is 0.643 bits per heavy atom. The van der Waals surface area contributed by atoms with Crippen molar-refractivity contribution in [2.24, 2.45) is 4.99 Å². The third kappa shape index (κ3) is 4.60. The first-order valence-electron chi connectivity index (χ1n) is 9.01. The molecule has 0 amide bonds. The number of halogens is 1. The van der Waals surface area contributed by atoms with Crippen LogP contribution in [0.4, 0.5) is 5.69 Å². The van der Waals surface area contributed by atoms with Gasteiger partial charge in [-0.05, 0) is 0 Å². The fourth-order valence-electron chi connectivity index (χ4n) is 2.88. The number of aliphatic imine (C=N–C) groups is 1. The second-order valence-electron chi connectivity index (χ2n) is 6.22. The maximum atomic E-state index is 6.11. The molecule has 0 fully saturated rings. The monoisotopic (exact) mass is 447 g/mol. The Hall–Kier alpha value is -2.64. The van der Waals surface area contributed by atoms with E-state index >= 15 is 0 Å². The summed E-state index contributed by atoms with van der Waals surface area (Å²) in [5, 5.41) is 0.736. The molecule has 0 radical (unpaired) electrons. The number of rotatable bonds is 5. The SMILES string of the molecule is Clc1ccc(C(=Nc2ccccc2-c2ccccc2)[Se]c2ccccc2)cc1. The molecule has 0 saturated heterocycles. The van der Waals surface area contributed by atoms with Gasteiger partial charge < -0.3 is 0 Å². The molecule has 1 nitrogen and oxygen atoms in total. The molecule has 0 N–H and O–H groups in total. The van der Waals surface area contributed by atoms with Crippen LogP contribution >= 0.6 is 11.6 Å². The molecule has 0 heterocycles. The van der Waals surface area contributed by atoms with Crippen LogP contribution in [0.15, 0.2) is 114 Å². The van der Waals surface area contributed by atoms with E-state index in [0.717, 1.165) is 26.4 Å². The van der Waals surface area contributed by atoms with E-state index in [-0.39, 0.29) is 15.0 Å². The van der Waals surface area contributed by atoms with E-state index in [0.29, 0.717) is 0 Å². The molecule has 4 aromatic carbocycles. The van der Waals surface area contributed by atoms with Gasteiger partial charge in [0.25, 0.3) is 0 Å². The van der Waals surface area contributed by atoms with Crippen LogP contribution in [0.25, 0.3) is 11.1 Å². The summed E-state index contributed by atoms with van der Waals surface area (Å²) >= 11 is 6.19. The van der Waals surface area contributed by atoms with Crippen molar-refractivity contribution in [3.8, 4) is 11.1 Å². The molecule has 0 saturated carbocycles. The van der Waals surface area contributed by atoms with E-state index in [2.05, 4.69) is 78.9 Å². The van der Waals surface area contributed by atoms with E-state index < -0.39 is 0 Å². The Morgan fingerprint density at radius 3 is 1.96 bits per heavy atom. The topological polar surface area (TPSA) is 12.4 Å². The molecule has 136 valence electrons. The van der Waals surface area contributed by atoms with Crippen molar-refractivity contribution in [1.82, 2.24) is 0 Å². The van der Waals surface area contributed by atoms with Crippen LogP contribution in [0.3, 0.4) is 0 Å². The Balaban J connectivity index is 1.81. The normalized spacial score (nSPS) is 11.4. The summed E-state index contributed by atoms with van der Waals surface area (Å²) in [7, 11) is 0. The Bertz CT molecular complexity index is 1070.